The molecule has 3 amide bonds. The van der Waals surface area contributed by atoms with Gasteiger partial charge in [0.05, 0.1) is 24.8 Å². The lowest BCUT2D eigenvalue weighted by Gasteiger charge is -2.40. The molecule has 1 saturated heterocycles. The van der Waals surface area contributed by atoms with Gasteiger partial charge in [-0.1, -0.05) is 30.3 Å². The zero-order valence-corrected chi connectivity index (χ0v) is 19.0. The van der Waals surface area contributed by atoms with Gasteiger partial charge in [-0.05, 0) is 26.3 Å². The molecule has 0 aromatic heterocycles. The average Bonchev–Trinajstić information content (AvgIpc) is 2.80. The second kappa shape index (κ2) is 11.0. The first-order valence-corrected chi connectivity index (χ1v) is 11.2. The van der Waals surface area contributed by atoms with Crippen molar-refractivity contribution in [2.24, 2.45) is 0 Å². The molecular formula is C23H32N4O5. The van der Waals surface area contributed by atoms with E-state index < -0.39 is 12.0 Å². The lowest BCUT2D eigenvalue weighted by atomic mass is 9.94. The van der Waals surface area contributed by atoms with E-state index in [4.69, 9.17) is 9.47 Å². The van der Waals surface area contributed by atoms with Crippen LogP contribution < -0.4 is 5.32 Å². The Balaban J connectivity index is 1.90. The van der Waals surface area contributed by atoms with E-state index in [9.17, 15) is 14.4 Å². The Morgan fingerprint density at radius 2 is 1.66 bits per heavy atom. The fourth-order valence-corrected chi connectivity index (χ4v) is 4.07. The second-order valence-electron chi connectivity index (χ2n) is 7.58. The maximum absolute atomic E-state index is 13.1. The van der Waals surface area contributed by atoms with Crippen LogP contribution in [0.2, 0.25) is 0 Å². The number of likely N-dealkylation sites (N-methyl/N-ethyl adjacent to an activating group) is 1. The van der Waals surface area contributed by atoms with Gasteiger partial charge in [-0.3, -0.25) is 9.80 Å². The number of amides is 3. The zero-order valence-electron chi connectivity index (χ0n) is 19.0. The predicted octanol–water partition coefficient (Wildman–Crippen LogP) is 2.36. The maximum atomic E-state index is 13.1. The molecule has 2 aliphatic rings. The number of urea groups is 1. The van der Waals surface area contributed by atoms with E-state index in [0.29, 0.717) is 57.1 Å². The number of esters is 1. The smallest absolute Gasteiger partial charge is 0.409 e. The number of carbonyl (C=O) groups is 3. The van der Waals surface area contributed by atoms with Crippen molar-refractivity contribution in [2.75, 3.05) is 52.5 Å². The Bertz CT molecular complexity index is 849. The molecule has 1 fully saturated rings. The molecule has 174 valence electrons. The Morgan fingerprint density at radius 3 is 2.25 bits per heavy atom. The largest absolute Gasteiger partial charge is 0.463 e. The predicted molar refractivity (Wildman–Crippen MR) is 119 cm³/mol. The van der Waals surface area contributed by atoms with Gasteiger partial charge in [0.15, 0.2) is 0 Å². The molecule has 32 heavy (non-hydrogen) atoms. The summed E-state index contributed by atoms with van der Waals surface area (Å²) in [5, 5.41) is 2.97. The third-order valence-electron chi connectivity index (χ3n) is 5.65. The van der Waals surface area contributed by atoms with E-state index in [1.807, 2.05) is 37.3 Å². The van der Waals surface area contributed by atoms with Gasteiger partial charge in [0.1, 0.15) is 0 Å². The van der Waals surface area contributed by atoms with Crippen LogP contribution in [0.25, 0.3) is 0 Å². The first-order chi connectivity index (χ1) is 15.5. The Kier molecular flexibility index (Phi) is 8.10. The van der Waals surface area contributed by atoms with Crippen molar-refractivity contribution in [1.82, 2.24) is 20.0 Å². The van der Waals surface area contributed by atoms with Gasteiger partial charge < -0.3 is 19.7 Å². The van der Waals surface area contributed by atoms with Gasteiger partial charge in [0, 0.05) is 45.0 Å². The number of nitrogens with zero attached hydrogens (tertiary/aromatic N) is 3. The number of nitrogens with one attached hydrogen (secondary N) is 1. The van der Waals surface area contributed by atoms with Crippen LogP contribution >= 0.6 is 0 Å². The van der Waals surface area contributed by atoms with Gasteiger partial charge in [-0.25, -0.2) is 14.4 Å². The van der Waals surface area contributed by atoms with E-state index in [-0.39, 0.29) is 18.7 Å². The third kappa shape index (κ3) is 5.21. The van der Waals surface area contributed by atoms with Gasteiger partial charge in [0.2, 0.25) is 0 Å². The SMILES string of the molecule is CCOC(=O)C1=C(CN2CCN(C(=O)OCC)CC2)N(CC)C(=O)N[C@H]1c1ccccc1. The summed E-state index contributed by atoms with van der Waals surface area (Å²) < 4.78 is 10.5. The Labute approximate surface area is 188 Å². The number of carbonyl (C=O) groups excluding carboxylic acids is 3. The van der Waals surface area contributed by atoms with Gasteiger partial charge in [-0.15, -0.1) is 0 Å². The van der Waals surface area contributed by atoms with Crippen molar-refractivity contribution in [3.05, 3.63) is 47.2 Å². The summed E-state index contributed by atoms with van der Waals surface area (Å²) in [5.74, 6) is -0.431. The van der Waals surface area contributed by atoms with Crippen molar-refractivity contribution < 1.29 is 23.9 Å². The minimum atomic E-state index is -0.582. The standard InChI is InChI=1S/C23H32N4O5/c1-4-27-18(16-25-12-14-26(15-13-25)23(30)32-6-3)19(21(28)31-5-2)20(24-22(27)29)17-10-8-7-9-11-17/h7-11,20H,4-6,12-16H2,1-3H3,(H,24,29)/t20-/m0/s1. The lowest BCUT2D eigenvalue weighted by molar-refractivity contribution is -0.139. The topological polar surface area (TPSA) is 91.4 Å². The molecule has 0 spiro atoms. The molecule has 1 N–H and O–H groups in total. The minimum Gasteiger partial charge on any atom is -0.463 e. The highest BCUT2D eigenvalue weighted by molar-refractivity contribution is 5.95. The van der Waals surface area contributed by atoms with Crippen LogP contribution in [-0.2, 0) is 14.3 Å². The molecule has 9 nitrogen and oxygen atoms in total. The van der Waals surface area contributed by atoms with Crippen molar-refractivity contribution in [3.8, 4) is 0 Å². The number of hydrogen-bond acceptors (Lipinski definition) is 6. The van der Waals surface area contributed by atoms with Crippen LogP contribution in [0.1, 0.15) is 32.4 Å². The summed E-state index contributed by atoms with van der Waals surface area (Å²) in [6.07, 6.45) is -0.310. The molecule has 0 saturated carbocycles. The van der Waals surface area contributed by atoms with E-state index in [1.165, 1.54) is 0 Å². The van der Waals surface area contributed by atoms with E-state index >= 15 is 0 Å². The molecule has 2 heterocycles. The minimum absolute atomic E-state index is 0.241. The highest BCUT2D eigenvalue weighted by Gasteiger charge is 2.38. The van der Waals surface area contributed by atoms with Crippen LogP contribution in [0, 0.1) is 0 Å². The fraction of sp³-hybridized carbons (Fsp3) is 0.522. The van der Waals surface area contributed by atoms with E-state index in [1.54, 1.807) is 23.6 Å². The molecule has 1 atom stereocenters. The first-order valence-electron chi connectivity index (χ1n) is 11.2. The zero-order chi connectivity index (χ0) is 23.1. The van der Waals surface area contributed by atoms with Gasteiger partial charge in [-0.2, -0.15) is 0 Å². The Hall–Kier alpha value is -3.07. The normalized spacial score (nSPS) is 19.6. The van der Waals surface area contributed by atoms with E-state index in [2.05, 4.69) is 10.2 Å². The fourth-order valence-electron chi connectivity index (χ4n) is 4.07. The monoisotopic (exact) mass is 444 g/mol. The first kappa shape index (κ1) is 23.6. The highest BCUT2D eigenvalue weighted by Crippen LogP contribution is 2.32. The number of ether oxygens (including phenoxy) is 2. The molecule has 1 aromatic rings. The van der Waals surface area contributed by atoms with Crippen molar-refractivity contribution in [2.45, 2.75) is 26.8 Å². The molecule has 0 aliphatic carbocycles. The maximum Gasteiger partial charge on any atom is 0.409 e. The molecule has 1 aromatic carbocycles. The van der Waals surface area contributed by atoms with Crippen LogP contribution in [0.15, 0.2) is 41.6 Å². The summed E-state index contributed by atoms with van der Waals surface area (Å²) in [6.45, 7) is 9.15. The Morgan fingerprint density at radius 1 is 1.00 bits per heavy atom. The molecule has 0 bridgehead atoms. The molecule has 0 unspecified atom stereocenters. The molecule has 0 radical (unpaired) electrons. The number of piperazine rings is 1. The van der Waals surface area contributed by atoms with Crippen LogP contribution in [0.3, 0.4) is 0 Å². The van der Waals surface area contributed by atoms with Gasteiger partial charge >= 0.3 is 18.1 Å². The van der Waals surface area contributed by atoms with E-state index in [0.717, 1.165) is 5.56 Å². The molecule has 2 aliphatic heterocycles. The number of hydrogen-bond donors (Lipinski definition) is 1. The third-order valence-corrected chi connectivity index (χ3v) is 5.65. The number of rotatable bonds is 7. The van der Waals surface area contributed by atoms with Crippen LogP contribution in [-0.4, -0.2) is 85.3 Å². The van der Waals surface area contributed by atoms with Crippen LogP contribution in [0.4, 0.5) is 9.59 Å². The number of benzene rings is 1. The van der Waals surface area contributed by atoms with Crippen molar-refractivity contribution >= 4 is 18.1 Å². The summed E-state index contributed by atoms with van der Waals surface area (Å²) >= 11 is 0. The quantitative estimate of drug-likeness (QED) is 0.650. The average molecular weight is 445 g/mol. The van der Waals surface area contributed by atoms with Crippen molar-refractivity contribution in [3.63, 3.8) is 0 Å². The molecule has 3 rings (SSSR count). The summed E-state index contributed by atoms with van der Waals surface area (Å²) in [7, 11) is 0. The lowest BCUT2D eigenvalue weighted by Crippen LogP contribution is -2.53. The van der Waals surface area contributed by atoms with Crippen LogP contribution in [0.5, 0.6) is 0 Å². The summed E-state index contributed by atoms with van der Waals surface area (Å²) in [5.41, 5.74) is 1.92. The highest BCUT2D eigenvalue weighted by atomic mass is 16.6. The molecular weight excluding hydrogens is 412 g/mol. The summed E-state index contributed by atoms with van der Waals surface area (Å²) in [4.78, 5) is 43.4. The second-order valence-corrected chi connectivity index (χ2v) is 7.58. The summed E-state index contributed by atoms with van der Waals surface area (Å²) in [6, 6.07) is 8.61. The van der Waals surface area contributed by atoms with Gasteiger partial charge in [0.25, 0.3) is 0 Å². The molecule has 9 heteroatoms. The van der Waals surface area contributed by atoms with Crippen molar-refractivity contribution in [1.29, 1.82) is 0 Å².